The van der Waals surface area contributed by atoms with Crippen LogP contribution in [0.3, 0.4) is 0 Å². The van der Waals surface area contributed by atoms with Crippen LogP contribution in [0, 0.1) is 17.7 Å². The maximum atomic E-state index is 13.7. The first-order chi connectivity index (χ1) is 14.9. The molecule has 2 saturated heterocycles. The summed E-state index contributed by atoms with van der Waals surface area (Å²) in [5.41, 5.74) is -0.446. The van der Waals surface area contributed by atoms with Gasteiger partial charge in [-0.25, -0.2) is 14.1 Å². The van der Waals surface area contributed by atoms with Crippen molar-refractivity contribution in [3.63, 3.8) is 0 Å². The number of esters is 1. The van der Waals surface area contributed by atoms with Crippen LogP contribution < -0.4 is 9.64 Å². The highest BCUT2D eigenvalue weighted by atomic mass is 19.1. The Morgan fingerprint density at radius 3 is 2.61 bits per heavy atom. The van der Waals surface area contributed by atoms with Crippen molar-refractivity contribution in [3.05, 3.63) is 59.9 Å². The van der Waals surface area contributed by atoms with E-state index in [1.165, 1.54) is 29.2 Å². The van der Waals surface area contributed by atoms with E-state index in [0.717, 1.165) is 10.5 Å². The fourth-order valence-electron chi connectivity index (χ4n) is 5.26. The minimum atomic E-state index is -1.45. The van der Waals surface area contributed by atoms with Crippen molar-refractivity contribution in [1.29, 1.82) is 0 Å². The highest BCUT2D eigenvalue weighted by Crippen LogP contribution is 2.58. The average Bonchev–Trinajstić information content (AvgIpc) is 3.14. The van der Waals surface area contributed by atoms with E-state index >= 15 is 0 Å². The molecule has 3 aliphatic rings. The minimum Gasteiger partial charge on any atom is -0.493 e. The number of rotatable bonds is 3. The molecule has 3 unspecified atom stereocenters. The first kappa shape index (κ1) is 19.5. The molecule has 0 radical (unpaired) electrons. The molecule has 0 aliphatic carbocycles. The van der Waals surface area contributed by atoms with Crippen molar-refractivity contribution in [3.8, 4) is 5.75 Å². The molecule has 3 amide bonds. The Morgan fingerprint density at radius 2 is 1.90 bits per heavy atom. The van der Waals surface area contributed by atoms with E-state index in [4.69, 9.17) is 9.47 Å². The Balaban J connectivity index is 1.67. The summed E-state index contributed by atoms with van der Waals surface area (Å²) in [6.07, 6.45) is 0. The molecule has 4 atom stereocenters. The Morgan fingerprint density at radius 1 is 1.19 bits per heavy atom. The van der Waals surface area contributed by atoms with Gasteiger partial charge >= 0.3 is 12.0 Å². The molecule has 8 heteroatoms. The van der Waals surface area contributed by atoms with Crippen LogP contribution >= 0.6 is 0 Å². The number of amides is 3. The Kier molecular flexibility index (Phi) is 4.28. The quantitative estimate of drug-likeness (QED) is 0.558. The van der Waals surface area contributed by atoms with E-state index in [-0.39, 0.29) is 18.9 Å². The zero-order chi connectivity index (χ0) is 21.9. The van der Waals surface area contributed by atoms with Gasteiger partial charge in [0.05, 0.1) is 30.9 Å². The number of para-hydroxylation sites is 1. The summed E-state index contributed by atoms with van der Waals surface area (Å²) < 4.78 is 24.7. The highest BCUT2D eigenvalue weighted by Gasteiger charge is 2.72. The number of halogens is 1. The lowest BCUT2D eigenvalue weighted by Gasteiger charge is -2.34. The molecule has 0 spiro atoms. The van der Waals surface area contributed by atoms with Gasteiger partial charge in [0.1, 0.15) is 17.1 Å². The fourth-order valence-corrected chi connectivity index (χ4v) is 5.26. The second kappa shape index (κ2) is 6.80. The summed E-state index contributed by atoms with van der Waals surface area (Å²) >= 11 is 0. The standard InChI is InChI=1S/C23H21FN2O5/c1-3-30-20(27)18-16-12-31-17-7-5-4-6-15(17)19(16)26-22(29)25(21(28)23(18,26)2)14-10-8-13(24)9-11-14/h4-11,16,18-19H,3,12H2,1-2H3/t16?,18?,19?,23-/m1/s1. The van der Waals surface area contributed by atoms with Crippen LogP contribution in [0.1, 0.15) is 25.5 Å². The summed E-state index contributed by atoms with van der Waals surface area (Å²) in [7, 11) is 0. The molecule has 2 aromatic carbocycles. The molecular formula is C23H21FN2O5. The van der Waals surface area contributed by atoms with Crippen LogP contribution in [-0.4, -0.2) is 41.6 Å². The normalized spacial score (nSPS) is 28.7. The Bertz CT molecular complexity index is 1090. The zero-order valence-corrected chi connectivity index (χ0v) is 17.1. The van der Waals surface area contributed by atoms with Crippen molar-refractivity contribution in [2.75, 3.05) is 18.1 Å². The van der Waals surface area contributed by atoms with Crippen LogP contribution in [-0.2, 0) is 14.3 Å². The molecule has 7 nitrogen and oxygen atoms in total. The second-order valence-electron chi connectivity index (χ2n) is 8.10. The van der Waals surface area contributed by atoms with Crippen molar-refractivity contribution >= 4 is 23.6 Å². The monoisotopic (exact) mass is 424 g/mol. The van der Waals surface area contributed by atoms with E-state index in [2.05, 4.69) is 0 Å². The molecule has 0 aromatic heterocycles. The van der Waals surface area contributed by atoms with Crippen molar-refractivity contribution in [2.45, 2.75) is 25.4 Å². The second-order valence-corrected chi connectivity index (χ2v) is 8.10. The van der Waals surface area contributed by atoms with Crippen molar-refractivity contribution in [1.82, 2.24) is 4.90 Å². The van der Waals surface area contributed by atoms with E-state index in [1.54, 1.807) is 19.9 Å². The Hall–Kier alpha value is -3.42. The minimum absolute atomic E-state index is 0.157. The number of benzene rings is 2. The van der Waals surface area contributed by atoms with Crippen LogP contribution in [0.4, 0.5) is 14.9 Å². The molecule has 5 rings (SSSR count). The van der Waals surface area contributed by atoms with Gasteiger partial charge < -0.3 is 14.4 Å². The molecule has 0 bridgehead atoms. The van der Waals surface area contributed by atoms with Gasteiger partial charge in [-0.3, -0.25) is 9.59 Å². The van der Waals surface area contributed by atoms with Crippen LogP contribution in [0.25, 0.3) is 0 Å². The number of hydrogen-bond donors (Lipinski definition) is 0. The molecule has 160 valence electrons. The molecule has 0 N–H and O–H groups in total. The summed E-state index contributed by atoms with van der Waals surface area (Å²) in [6, 6.07) is 11.4. The number of anilines is 1. The van der Waals surface area contributed by atoms with E-state index < -0.39 is 47.1 Å². The average molecular weight is 424 g/mol. The number of fused-ring (bicyclic) bond motifs is 5. The van der Waals surface area contributed by atoms with Gasteiger partial charge in [0.15, 0.2) is 0 Å². The molecule has 31 heavy (non-hydrogen) atoms. The number of nitrogens with zero attached hydrogens (tertiary/aromatic N) is 2. The topological polar surface area (TPSA) is 76.2 Å². The van der Waals surface area contributed by atoms with Gasteiger partial charge in [-0.15, -0.1) is 0 Å². The number of carbonyl (C=O) groups excluding carboxylic acids is 3. The highest BCUT2D eigenvalue weighted by molar-refractivity contribution is 6.24. The summed E-state index contributed by atoms with van der Waals surface area (Å²) in [6.45, 7) is 3.65. The lowest BCUT2D eigenvalue weighted by Crippen LogP contribution is -2.51. The first-order valence-electron chi connectivity index (χ1n) is 10.2. The molecule has 0 saturated carbocycles. The summed E-state index contributed by atoms with van der Waals surface area (Å²) in [5.74, 6) is -2.25. The molecular weight excluding hydrogens is 403 g/mol. The summed E-state index contributed by atoms with van der Waals surface area (Å²) in [4.78, 5) is 42.9. The van der Waals surface area contributed by atoms with Crippen LogP contribution in [0.2, 0.25) is 0 Å². The Labute approximate surface area is 178 Å². The van der Waals surface area contributed by atoms with Gasteiger partial charge in [0.25, 0.3) is 5.91 Å². The van der Waals surface area contributed by atoms with E-state index in [1.807, 2.05) is 18.2 Å². The molecule has 3 heterocycles. The number of imide groups is 1. The van der Waals surface area contributed by atoms with Gasteiger partial charge in [-0.05, 0) is 44.2 Å². The number of ether oxygens (including phenoxy) is 2. The molecule has 3 aliphatic heterocycles. The zero-order valence-electron chi connectivity index (χ0n) is 17.1. The predicted octanol–water partition coefficient (Wildman–Crippen LogP) is 3.30. The number of hydrogen-bond acceptors (Lipinski definition) is 5. The van der Waals surface area contributed by atoms with Gasteiger partial charge in [0, 0.05) is 11.5 Å². The molecule has 2 fully saturated rings. The van der Waals surface area contributed by atoms with Crippen LogP contribution in [0.15, 0.2) is 48.5 Å². The van der Waals surface area contributed by atoms with E-state index in [0.29, 0.717) is 5.75 Å². The summed E-state index contributed by atoms with van der Waals surface area (Å²) in [5, 5.41) is 0. The fraction of sp³-hybridized carbons (Fsp3) is 0.348. The third-order valence-corrected chi connectivity index (χ3v) is 6.55. The van der Waals surface area contributed by atoms with Gasteiger partial charge in [0.2, 0.25) is 0 Å². The molecule has 2 aromatic rings. The first-order valence-corrected chi connectivity index (χ1v) is 10.2. The number of urea groups is 1. The van der Waals surface area contributed by atoms with Crippen molar-refractivity contribution in [2.24, 2.45) is 11.8 Å². The van der Waals surface area contributed by atoms with Crippen LogP contribution in [0.5, 0.6) is 5.75 Å². The third-order valence-electron chi connectivity index (χ3n) is 6.55. The van der Waals surface area contributed by atoms with Gasteiger partial charge in [-0.1, -0.05) is 18.2 Å². The van der Waals surface area contributed by atoms with E-state index in [9.17, 15) is 18.8 Å². The number of carbonyl (C=O) groups is 3. The predicted molar refractivity (Wildman–Crippen MR) is 108 cm³/mol. The SMILES string of the molecule is CCOC(=O)C1C2COc3ccccc3C2N2C(=O)N(c3ccc(F)cc3)C(=O)[C@@]12C. The maximum Gasteiger partial charge on any atom is 0.332 e. The van der Waals surface area contributed by atoms with Crippen molar-refractivity contribution < 1.29 is 28.2 Å². The smallest absolute Gasteiger partial charge is 0.332 e. The lowest BCUT2D eigenvalue weighted by molar-refractivity contribution is -0.154. The largest absolute Gasteiger partial charge is 0.493 e. The maximum absolute atomic E-state index is 13.7. The third kappa shape index (κ3) is 2.54. The van der Waals surface area contributed by atoms with Gasteiger partial charge in [-0.2, -0.15) is 0 Å². The lowest BCUT2D eigenvalue weighted by atomic mass is 9.77.